The number of phenols is 1. The smallest absolute Gasteiger partial charge is 0.275 e. The number of hydrazone groups is 1. The molecule has 132 valence electrons. The maximum absolute atomic E-state index is 12.3. The van der Waals surface area contributed by atoms with Crippen LogP contribution in [0, 0.1) is 3.57 Å². The van der Waals surface area contributed by atoms with Crippen LogP contribution in [-0.4, -0.2) is 30.9 Å². The molecular weight excluding hydrogens is 503 g/mol. The van der Waals surface area contributed by atoms with Crippen LogP contribution in [0.5, 0.6) is 17.2 Å². The van der Waals surface area contributed by atoms with Gasteiger partial charge in [-0.1, -0.05) is 15.9 Å². The molecule has 25 heavy (non-hydrogen) atoms. The van der Waals surface area contributed by atoms with Crippen molar-refractivity contribution in [3.05, 3.63) is 49.5 Å². The van der Waals surface area contributed by atoms with Crippen molar-refractivity contribution < 1.29 is 19.4 Å². The number of rotatable bonds is 6. The number of nitrogens with one attached hydrogen (secondary N) is 1. The maximum atomic E-state index is 12.3. The highest BCUT2D eigenvalue weighted by Gasteiger charge is 2.12. The van der Waals surface area contributed by atoms with E-state index in [1.807, 2.05) is 29.5 Å². The molecule has 0 aromatic heterocycles. The monoisotopic (exact) mass is 518 g/mol. The van der Waals surface area contributed by atoms with Gasteiger partial charge in [0.25, 0.3) is 5.91 Å². The van der Waals surface area contributed by atoms with Gasteiger partial charge in [0.2, 0.25) is 0 Å². The Labute approximate surface area is 167 Å². The molecule has 0 radical (unpaired) electrons. The second kappa shape index (κ2) is 9.04. The van der Waals surface area contributed by atoms with E-state index in [9.17, 15) is 9.90 Å². The summed E-state index contributed by atoms with van der Waals surface area (Å²) < 4.78 is 11.9. The largest absolute Gasteiger partial charge is 0.504 e. The molecule has 0 aliphatic rings. The molecule has 0 saturated heterocycles. The van der Waals surface area contributed by atoms with Crippen molar-refractivity contribution in [2.24, 2.45) is 5.10 Å². The molecule has 8 heteroatoms. The molecule has 0 saturated carbocycles. The van der Waals surface area contributed by atoms with E-state index >= 15 is 0 Å². The van der Waals surface area contributed by atoms with E-state index in [1.54, 1.807) is 30.3 Å². The van der Waals surface area contributed by atoms with Crippen LogP contribution < -0.4 is 14.9 Å². The zero-order valence-electron chi connectivity index (χ0n) is 13.5. The Balaban J connectivity index is 2.16. The number of amides is 1. The van der Waals surface area contributed by atoms with Gasteiger partial charge >= 0.3 is 0 Å². The fourth-order valence-corrected chi connectivity index (χ4v) is 3.00. The number of hydrogen-bond acceptors (Lipinski definition) is 5. The predicted molar refractivity (Wildman–Crippen MR) is 108 cm³/mol. The molecule has 0 unspecified atom stereocenters. The second-order valence-electron chi connectivity index (χ2n) is 4.83. The minimum absolute atomic E-state index is 0.0857. The lowest BCUT2D eigenvalue weighted by Gasteiger charge is -2.09. The average Bonchev–Trinajstić information content (AvgIpc) is 2.59. The number of benzene rings is 2. The van der Waals surface area contributed by atoms with Gasteiger partial charge in [0, 0.05) is 4.47 Å². The summed E-state index contributed by atoms with van der Waals surface area (Å²) in [5.41, 5.74) is 3.51. The third-order valence-electron chi connectivity index (χ3n) is 3.14. The molecule has 0 aliphatic heterocycles. The van der Waals surface area contributed by atoms with Gasteiger partial charge in [-0.2, -0.15) is 5.10 Å². The Morgan fingerprint density at radius 2 is 2.12 bits per heavy atom. The molecule has 0 fully saturated rings. The van der Waals surface area contributed by atoms with Crippen molar-refractivity contribution >= 4 is 50.6 Å². The van der Waals surface area contributed by atoms with Crippen LogP contribution in [0.25, 0.3) is 0 Å². The molecule has 2 rings (SSSR count). The number of hydrogen-bond donors (Lipinski definition) is 2. The minimum atomic E-state index is -0.395. The number of carbonyl (C=O) groups excluding carboxylic acids is 1. The van der Waals surface area contributed by atoms with Gasteiger partial charge in [-0.05, 0) is 65.4 Å². The molecule has 0 aliphatic carbocycles. The normalized spacial score (nSPS) is 10.7. The molecule has 6 nitrogen and oxygen atoms in total. The molecule has 0 atom stereocenters. The van der Waals surface area contributed by atoms with Gasteiger partial charge < -0.3 is 14.6 Å². The quantitative estimate of drug-likeness (QED) is 0.345. The third kappa shape index (κ3) is 5.08. The van der Waals surface area contributed by atoms with Crippen LogP contribution in [0.2, 0.25) is 0 Å². The Kier molecular flexibility index (Phi) is 7.06. The first-order valence-electron chi connectivity index (χ1n) is 7.28. The van der Waals surface area contributed by atoms with E-state index in [1.165, 1.54) is 13.3 Å². The SMILES string of the molecule is CCOc1cc(/C=N\NC(=O)c2cc(Br)ccc2OC)cc(I)c1O. The lowest BCUT2D eigenvalue weighted by Crippen LogP contribution is -2.18. The summed E-state index contributed by atoms with van der Waals surface area (Å²) in [7, 11) is 1.50. The first kappa shape index (κ1) is 19.5. The van der Waals surface area contributed by atoms with E-state index < -0.39 is 5.91 Å². The lowest BCUT2D eigenvalue weighted by atomic mass is 10.2. The Hall–Kier alpha value is -1.81. The van der Waals surface area contributed by atoms with Gasteiger partial charge in [-0.15, -0.1) is 0 Å². The number of carbonyl (C=O) groups is 1. The third-order valence-corrected chi connectivity index (χ3v) is 4.45. The maximum Gasteiger partial charge on any atom is 0.275 e. The van der Waals surface area contributed by atoms with Crippen LogP contribution in [0.15, 0.2) is 39.9 Å². The zero-order chi connectivity index (χ0) is 18.4. The molecule has 2 aromatic rings. The summed E-state index contributed by atoms with van der Waals surface area (Å²) in [6.07, 6.45) is 1.48. The van der Waals surface area contributed by atoms with Crippen LogP contribution >= 0.6 is 38.5 Å². The highest BCUT2D eigenvalue weighted by molar-refractivity contribution is 14.1. The van der Waals surface area contributed by atoms with Crippen LogP contribution in [0.4, 0.5) is 0 Å². The summed E-state index contributed by atoms with van der Waals surface area (Å²) >= 11 is 5.33. The molecule has 0 spiro atoms. The number of phenolic OH excluding ortho intramolecular Hbond substituents is 1. The standard InChI is InChI=1S/C17H16BrIN2O4/c1-3-25-15-7-10(6-13(19)16(15)22)9-20-21-17(23)12-8-11(18)4-5-14(12)24-2/h4-9,22H,3H2,1-2H3,(H,21,23)/b20-9-. The van der Waals surface area contributed by atoms with Gasteiger partial charge in [-0.25, -0.2) is 5.43 Å². The summed E-state index contributed by atoms with van der Waals surface area (Å²) in [6.45, 7) is 2.27. The molecule has 0 heterocycles. The molecule has 1 amide bonds. The topological polar surface area (TPSA) is 80.2 Å². The number of nitrogens with zero attached hydrogens (tertiary/aromatic N) is 1. The summed E-state index contributed by atoms with van der Waals surface area (Å²) in [6, 6.07) is 8.51. The number of methoxy groups -OCH3 is 1. The van der Waals surface area contributed by atoms with Crippen LogP contribution in [-0.2, 0) is 0 Å². The fraction of sp³-hybridized carbons (Fsp3) is 0.176. The fourth-order valence-electron chi connectivity index (χ4n) is 2.02. The molecular formula is C17H16BrIN2O4. The first-order chi connectivity index (χ1) is 12.0. The van der Waals surface area contributed by atoms with Crippen molar-refractivity contribution in [1.29, 1.82) is 0 Å². The first-order valence-corrected chi connectivity index (χ1v) is 9.15. The second-order valence-corrected chi connectivity index (χ2v) is 6.90. The van der Waals surface area contributed by atoms with E-state index in [4.69, 9.17) is 9.47 Å². The van der Waals surface area contributed by atoms with Crippen molar-refractivity contribution in [2.75, 3.05) is 13.7 Å². The van der Waals surface area contributed by atoms with Crippen molar-refractivity contribution in [1.82, 2.24) is 5.43 Å². The van der Waals surface area contributed by atoms with Gasteiger partial charge in [0.1, 0.15) is 5.75 Å². The van der Waals surface area contributed by atoms with Crippen LogP contribution in [0.3, 0.4) is 0 Å². The van der Waals surface area contributed by atoms with E-state index in [0.29, 0.717) is 32.8 Å². The van der Waals surface area contributed by atoms with Crippen molar-refractivity contribution in [3.63, 3.8) is 0 Å². The Bertz CT molecular complexity index is 811. The number of ether oxygens (including phenoxy) is 2. The molecule has 0 bridgehead atoms. The number of aromatic hydroxyl groups is 1. The Morgan fingerprint density at radius 3 is 2.80 bits per heavy atom. The number of halogens is 2. The van der Waals surface area contributed by atoms with Gasteiger partial charge in [0.15, 0.2) is 11.5 Å². The molecule has 2 aromatic carbocycles. The lowest BCUT2D eigenvalue weighted by molar-refractivity contribution is 0.0952. The average molecular weight is 519 g/mol. The van der Waals surface area contributed by atoms with Gasteiger partial charge in [0.05, 0.1) is 29.1 Å². The van der Waals surface area contributed by atoms with Gasteiger partial charge in [-0.3, -0.25) is 4.79 Å². The van der Waals surface area contributed by atoms with E-state index in [0.717, 1.165) is 4.47 Å². The van der Waals surface area contributed by atoms with Crippen molar-refractivity contribution in [2.45, 2.75) is 6.92 Å². The highest BCUT2D eigenvalue weighted by atomic mass is 127. The van der Waals surface area contributed by atoms with E-state index in [2.05, 4.69) is 26.5 Å². The summed E-state index contributed by atoms with van der Waals surface area (Å²) in [5.74, 6) is 0.514. The molecule has 2 N–H and O–H groups in total. The summed E-state index contributed by atoms with van der Waals surface area (Å²) in [4.78, 5) is 12.3. The minimum Gasteiger partial charge on any atom is -0.504 e. The zero-order valence-corrected chi connectivity index (χ0v) is 17.3. The van der Waals surface area contributed by atoms with E-state index in [-0.39, 0.29) is 5.75 Å². The predicted octanol–water partition coefficient (Wildman–Crippen LogP) is 3.93. The highest BCUT2D eigenvalue weighted by Crippen LogP contribution is 2.32. The van der Waals surface area contributed by atoms with Crippen LogP contribution in [0.1, 0.15) is 22.8 Å². The van der Waals surface area contributed by atoms with Crippen molar-refractivity contribution in [3.8, 4) is 17.2 Å². The summed E-state index contributed by atoms with van der Waals surface area (Å²) in [5, 5.41) is 13.9. The Morgan fingerprint density at radius 1 is 1.36 bits per heavy atom.